The summed E-state index contributed by atoms with van der Waals surface area (Å²) in [5.41, 5.74) is 2.45. The van der Waals surface area contributed by atoms with E-state index in [9.17, 15) is 4.79 Å². The first-order valence-corrected chi connectivity index (χ1v) is 8.45. The maximum Gasteiger partial charge on any atom is 0.230 e. The number of carbonyl (C=O) groups is 1. The lowest BCUT2D eigenvalue weighted by atomic mass is 9.98. The van der Waals surface area contributed by atoms with E-state index in [0.29, 0.717) is 11.6 Å². The van der Waals surface area contributed by atoms with Gasteiger partial charge in [-0.1, -0.05) is 53.3 Å². The van der Waals surface area contributed by atoms with E-state index in [0.717, 1.165) is 23.4 Å². The smallest absolute Gasteiger partial charge is 0.230 e. The first-order chi connectivity index (χ1) is 10.8. The van der Waals surface area contributed by atoms with Gasteiger partial charge < -0.3 is 5.32 Å². The maximum atomic E-state index is 12.0. The van der Waals surface area contributed by atoms with Gasteiger partial charge in [0.25, 0.3) is 0 Å². The third-order valence-corrected chi connectivity index (χ3v) is 4.52. The highest BCUT2D eigenvalue weighted by Gasteiger charge is 2.11. The second-order valence-corrected chi connectivity index (χ2v) is 6.56. The largest absolute Gasteiger partial charge is 0.300 e. The third-order valence-electron chi connectivity index (χ3n) is 3.68. The molecule has 1 aliphatic carbocycles. The van der Waals surface area contributed by atoms with Gasteiger partial charge in [-0.2, -0.15) is 0 Å². The number of amides is 1. The molecule has 22 heavy (non-hydrogen) atoms. The number of nitrogens with one attached hydrogen (secondary N) is 1. The first-order valence-electron chi connectivity index (χ1n) is 7.63. The van der Waals surface area contributed by atoms with Gasteiger partial charge in [-0.05, 0) is 31.2 Å². The van der Waals surface area contributed by atoms with Gasteiger partial charge in [0, 0.05) is 6.42 Å². The Bertz CT molecular complexity index is 664. The molecule has 114 valence electrons. The molecule has 0 radical (unpaired) electrons. The summed E-state index contributed by atoms with van der Waals surface area (Å²) >= 11 is 1.47. The van der Waals surface area contributed by atoms with E-state index in [-0.39, 0.29) is 5.91 Å². The summed E-state index contributed by atoms with van der Waals surface area (Å²) < 4.78 is 0. The number of aromatic nitrogens is 2. The lowest BCUT2D eigenvalue weighted by Gasteiger charge is -2.10. The van der Waals surface area contributed by atoms with E-state index in [1.54, 1.807) is 0 Å². The molecule has 1 heterocycles. The highest BCUT2D eigenvalue weighted by atomic mass is 32.1. The van der Waals surface area contributed by atoms with Crippen molar-refractivity contribution in [2.24, 2.45) is 0 Å². The predicted octanol–water partition coefficient (Wildman–Crippen LogP) is 3.76. The van der Waals surface area contributed by atoms with Crippen LogP contribution in [0.2, 0.25) is 0 Å². The minimum Gasteiger partial charge on any atom is -0.300 e. The van der Waals surface area contributed by atoms with Gasteiger partial charge in [-0.15, -0.1) is 10.2 Å². The number of hydrogen-bond acceptors (Lipinski definition) is 4. The predicted molar refractivity (Wildman–Crippen MR) is 88.9 cm³/mol. The molecule has 1 aromatic carbocycles. The van der Waals surface area contributed by atoms with E-state index in [4.69, 9.17) is 0 Å². The number of benzene rings is 1. The summed E-state index contributed by atoms with van der Waals surface area (Å²) in [6.45, 7) is 0. The fourth-order valence-corrected chi connectivity index (χ4v) is 3.39. The Kier molecular flexibility index (Phi) is 4.96. The van der Waals surface area contributed by atoms with Crippen LogP contribution in [-0.2, 0) is 17.6 Å². The minimum atomic E-state index is -0.0502. The lowest BCUT2D eigenvalue weighted by Crippen LogP contribution is -2.14. The standard InChI is InChI=1S/C17H19N3OS/c21-15(11-13-7-3-1-4-8-13)18-17-20-19-16(22-17)12-14-9-5-2-6-10-14/h1,3-4,7-9H,2,5-6,10-12H2,(H,18,20,21). The van der Waals surface area contributed by atoms with Crippen molar-refractivity contribution in [3.8, 4) is 0 Å². The van der Waals surface area contributed by atoms with Crippen LogP contribution in [-0.4, -0.2) is 16.1 Å². The van der Waals surface area contributed by atoms with E-state index >= 15 is 0 Å². The molecular weight excluding hydrogens is 294 g/mol. The van der Waals surface area contributed by atoms with E-state index in [2.05, 4.69) is 21.6 Å². The highest BCUT2D eigenvalue weighted by Crippen LogP contribution is 2.24. The Balaban J connectivity index is 1.55. The van der Waals surface area contributed by atoms with Crippen LogP contribution in [0.5, 0.6) is 0 Å². The lowest BCUT2D eigenvalue weighted by molar-refractivity contribution is -0.115. The molecule has 0 bridgehead atoms. The molecule has 1 N–H and O–H groups in total. The van der Waals surface area contributed by atoms with Gasteiger partial charge in [-0.25, -0.2) is 0 Å². The number of nitrogens with zero attached hydrogens (tertiary/aromatic N) is 2. The highest BCUT2D eigenvalue weighted by molar-refractivity contribution is 7.15. The van der Waals surface area contributed by atoms with Crippen LogP contribution in [0.25, 0.3) is 0 Å². The molecule has 3 rings (SSSR count). The molecule has 0 saturated carbocycles. The molecule has 1 aliphatic rings. The van der Waals surface area contributed by atoms with Crippen LogP contribution in [0.1, 0.15) is 36.3 Å². The average molecular weight is 313 g/mol. The number of rotatable bonds is 5. The van der Waals surface area contributed by atoms with Crippen molar-refractivity contribution in [3.05, 3.63) is 52.6 Å². The summed E-state index contributed by atoms with van der Waals surface area (Å²) in [5.74, 6) is -0.0502. The molecule has 4 nitrogen and oxygen atoms in total. The van der Waals surface area contributed by atoms with Crippen molar-refractivity contribution in [2.45, 2.75) is 38.5 Å². The Labute approximate surface area is 134 Å². The molecule has 2 aromatic rings. The second kappa shape index (κ2) is 7.31. The molecule has 0 unspecified atom stereocenters. The Hall–Kier alpha value is -2.01. The zero-order valence-corrected chi connectivity index (χ0v) is 13.2. The van der Waals surface area contributed by atoms with Crippen LogP contribution < -0.4 is 5.32 Å². The van der Waals surface area contributed by atoms with Crippen molar-refractivity contribution >= 4 is 22.4 Å². The molecule has 0 aliphatic heterocycles. The van der Waals surface area contributed by atoms with Crippen LogP contribution in [0.15, 0.2) is 42.0 Å². The number of allylic oxidation sites excluding steroid dienone is 2. The summed E-state index contributed by atoms with van der Waals surface area (Å²) in [7, 11) is 0. The Morgan fingerprint density at radius 3 is 2.82 bits per heavy atom. The molecule has 1 aromatic heterocycles. The Morgan fingerprint density at radius 2 is 2.05 bits per heavy atom. The van der Waals surface area contributed by atoms with Crippen LogP contribution in [0, 0.1) is 0 Å². The molecule has 0 atom stereocenters. The van der Waals surface area contributed by atoms with Crippen molar-refractivity contribution < 1.29 is 4.79 Å². The summed E-state index contributed by atoms with van der Waals surface area (Å²) in [6, 6.07) is 9.70. The van der Waals surface area contributed by atoms with Crippen LogP contribution in [0.3, 0.4) is 0 Å². The fourth-order valence-electron chi connectivity index (χ4n) is 2.58. The summed E-state index contributed by atoms with van der Waals surface area (Å²) in [6.07, 6.45) is 8.45. The molecule has 5 heteroatoms. The Morgan fingerprint density at radius 1 is 1.18 bits per heavy atom. The first kappa shape index (κ1) is 14.9. The third kappa shape index (κ3) is 4.24. The van der Waals surface area contributed by atoms with E-state index in [1.165, 1.54) is 36.2 Å². The molecule has 0 saturated heterocycles. The van der Waals surface area contributed by atoms with Crippen molar-refractivity contribution in [3.63, 3.8) is 0 Å². The molecule has 0 spiro atoms. The number of carbonyl (C=O) groups excluding carboxylic acids is 1. The zero-order valence-electron chi connectivity index (χ0n) is 12.4. The van der Waals surface area contributed by atoms with Crippen molar-refractivity contribution in [1.82, 2.24) is 10.2 Å². The fraction of sp³-hybridized carbons (Fsp3) is 0.353. The van der Waals surface area contributed by atoms with Crippen LogP contribution >= 0.6 is 11.3 Å². The van der Waals surface area contributed by atoms with Crippen LogP contribution in [0.4, 0.5) is 5.13 Å². The van der Waals surface area contributed by atoms with Crippen molar-refractivity contribution in [2.75, 3.05) is 5.32 Å². The summed E-state index contributed by atoms with van der Waals surface area (Å²) in [5, 5.41) is 12.7. The van der Waals surface area contributed by atoms with Gasteiger partial charge in [-0.3, -0.25) is 4.79 Å². The van der Waals surface area contributed by atoms with Gasteiger partial charge in [0.15, 0.2) is 0 Å². The second-order valence-electron chi connectivity index (χ2n) is 5.50. The molecule has 1 amide bonds. The normalized spacial score (nSPS) is 14.5. The monoisotopic (exact) mass is 313 g/mol. The summed E-state index contributed by atoms with van der Waals surface area (Å²) in [4.78, 5) is 12.0. The number of anilines is 1. The topological polar surface area (TPSA) is 54.9 Å². The van der Waals surface area contributed by atoms with E-state index in [1.807, 2.05) is 30.3 Å². The SMILES string of the molecule is O=C(Cc1ccccc1)Nc1nnc(CC2=CCCCC2)s1. The molecule has 0 fully saturated rings. The maximum absolute atomic E-state index is 12.0. The van der Waals surface area contributed by atoms with Gasteiger partial charge >= 0.3 is 0 Å². The minimum absolute atomic E-state index is 0.0502. The molecular formula is C17H19N3OS. The van der Waals surface area contributed by atoms with Gasteiger partial charge in [0.05, 0.1) is 6.42 Å². The van der Waals surface area contributed by atoms with E-state index < -0.39 is 0 Å². The van der Waals surface area contributed by atoms with Gasteiger partial charge in [0.1, 0.15) is 5.01 Å². The zero-order chi connectivity index (χ0) is 15.2. The van der Waals surface area contributed by atoms with Crippen molar-refractivity contribution in [1.29, 1.82) is 0 Å². The average Bonchev–Trinajstić information content (AvgIpc) is 2.96. The number of hydrogen-bond donors (Lipinski definition) is 1. The van der Waals surface area contributed by atoms with Gasteiger partial charge in [0.2, 0.25) is 11.0 Å². The quantitative estimate of drug-likeness (QED) is 0.855.